The highest BCUT2D eigenvalue weighted by Crippen LogP contribution is 2.26. The Morgan fingerprint density at radius 1 is 1.41 bits per heavy atom. The van der Waals surface area contributed by atoms with Crippen molar-refractivity contribution in [2.24, 2.45) is 0 Å². The van der Waals surface area contributed by atoms with Gasteiger partial charge in [0.1, 0.15) is 0 Å². The zero-order valence-corrected chi connectivity index (χ0v) is 11.2. The highest BCUT2D eigenvalue weighted by molar-refractivity contribution is 9.09. The monoisotopic (exact) mass is 300 g/mol. The third kappa shape index (κ3) is 3.52. The van der Waals surface area contributed by atoms with E-state index in [4.69, 9.17) is 0 Å². The van der Waals surface area contributed by atoms with Crippen LogP contribution in [-0.2, 0) is 4.79 Å². The molecule has 0 aliphatic carbocycles. The van der Waals surface area contributed by atoms with Gasteiger partial charge in [-0.15, -0.1) is 0 Å². The molecule has 0 aliphatic rings. The van der Waals surface area contributed by atoms with Gasteiger partial charge < -0.3 is 5.32 Å². The van der Waals surface area contributed by atoms with Gasteiger partial charge in [0.05, 0.1) is 10.6 Å². The van der Waals surface area contributed by atoms with E-state index < -0.39 is 4.92 Å². The summed E-state index contributed by atoms with van der Waals surface area (Å²) < 4.78 is 0. The van der Waals surface area contributed by atoms with Gasteiger partial charge in [0.15, 0.2) is 0 Å². The molecule has 0 fully saturated rings. The molecule has 0 bridgehead atoms. The minimum atomic E-state index is -0.449. The lowest BCUT2D eigenvalue weighted by molar-refractivity contribution is -0.385. The Balaban J connectivity index is 3.03. The van der Waals surface area contributed by atoms with Gasteiger partial charge in [-0.05, 0) is 25.5 Å². The van der Waals surface area contributed by atoms with Crippen LogP contribution in [0.25, 0.3) is 0 Å². The number of hydrogen-bond donors (Lipinski definition) is 1. The molecule has 0 spiro atoms. The number of nitro groups is 1. The van der Waals surface area contributed by atoms with E-state index in [1.165, 1.54) is 6.07 Å². The van der Waals surface area contributed by atoms with Crippen LogP contribution < -0.4 is 5.32 Å². The molecule has 0 heterocycles. The average Bonchev–Trinajstić information content (AvgIpc) is 2.21. The number of anilines is 1. The number of alkyl halides is 1. The molecule has 92 valence electrons. The maximum absolute atomic E-state index is 11.4. The van der Waals surface area contributed by atoms with E-state index in [0.29, 0.717) is 23.0 Å². The number of nitro benzene ring substituents is 1. The molecule has 6 heteroatoms. The second kappa shape index (κ2) is 5.77. The lowest BCUT2D eigenvalue weighted by Crippen LogP contribution is -2.13. The van der Waals surface area contributed by atoms with Crippen molar-refractivity contribution in [2.45, 2.75) is 20.3 Å². The van der Waals surface area contributed by atoms with Gasteiger partial charge in [0.25, 0.3) is 5.69 Å². The Bertz CT molecular complexity index is 460. The molecule has 0 saturated heterocycles. The normalized spacial score (nSPS) is 10.1. The number of carbonyl (C=O) groups is 1. The van der Waals surface area contributed by atoms with Crippen molar-refractivity contribution in [3.05, 3.63) is 33.4 Å². The van der Waals surface area contributed by atoms with Gasteiger partial charge >= 0.3 is 0 Å². The number of amides is 1. The molecule has 0 aromatic heterocycles. The number of rotatable bonds is 4. The summed E-state index contributed by atoms with van der Waals surface area (Å²) in [7, 11) is 0. The van der Waals surface area contributed by atoms with E-state index in [9.17, 15) is 14.9 Å². The van der Waals surface area contributed by atoms with Crippen LogP contribution in [-0.4, -0.2) is 16.2 Å². The quantitative estimate of drug-likeness (QED) is 0.528. The maximum atomic E-state index is 11.4. The van der Waals surface area contributed by atoms with Crippen LogP contribution in [0.3, 0.4) is 0 Å². The summed E-state index contributed by atoms with van der Waals surface area (Å²) in [6.45, 7) is 3.48. The molecule has 1 N–H and O–H groups in total. The number of halogens is 1. The van der Waals surface area contributed by atoms with Crippen LogP contribution in [0.1, 0.15) is 17.5 Å². The number of benzene rings is 1. The summed E-state index contributed by atoms with van der Waals surface area (Å²) in [5, 5.41) is 14.0. The minimum Gasteiger partial charge on any atom is -0.326 e. The van der Waals surface area contributed by atoms with E-state index >= 15 is 0 Å². The van der Waals surface area contributed by atoms with Gasteiger partial charge in [-0.3, -0.25) is 14.9 Å². The summed E-state index contributed by atoms with van der Waals surface area (Å²) in [5.41, 5.74) is 1.92. The molecule has 0 unspecified atom stereocenters. The number of hydrogen-bond acceptors (Lipinski definition) is 3. The van der Waals surface area contributed by atoms with Crippen LogP contribution in [0.4, 0.5) is 11.4 Å². The Morgan fingerprint density at radius 3 is 2.59 bits per heavy atom. The van der Waals surface area contributed by atoms with E-state index in [0.717, 1.165) is 5.56 Å². The molecule has 0 aliphatic heterocycles. The van der Waals surface area contributed by atoms with Crippen molar-refractivity contribution in [3.63, 3.8) is 0 Å². The Labute approximate surface area is 107 Å². The van der Waals surface area contributed by atoms with Gasteiger partial charge in [0, 0.05) is 23.4 Å². The number of aryl methyl sites for hydroxylation is 2. The molecular formula is C11H13BrN2O3. The molecule has 0 saturated carbocycles. The van der Waals surface area contributed by atoms with Crippen molar-refractivity contribution in [2.75, 3.05) is 10.6 Å². The molecule has 1 amide bonds. The van der Waals surface area contributed by atoms with Crippen LogP contribution in [0.5, 0.6) is 0 Å². The second-order valence-electron chi connectivity index (χ2n) is 3.70. The highest BCUT2D eigenvalue weighted by Gasteiger charge is 2.14. The predicted octanol–water partition coefficient (Wildman–Crippen LogP) is 2.94. The molecule has 0 atom stereocenters. The van der Waals surface area contributed by atoms with Crippen LogP contribution in [0.2, 0.25) is 0 Å². The third-order valence-electron chi connectivity index (χ3n) is 2.34. The lowest BCUT2D eigenvalue weighted by atomic mass is 10.1. The molecule has 1 aromatic rings. The maximum Gasteiger partial charge on any atom is 0.274 e. The summed E-state index contributed by atoms with van der Waals surface area (Å²) in [6, 6.07) is 3.10. The fraction of sp³-hybridized carbons (Fsp3) is 0.364. The Kier molecular flexibility index (Phi) is 4.62. The zero-order valence-electron chi connectivity index (χ0n) is 9.62. The summed E-state index contributed by atoms with van der Waals surface area (Å²) in [4.78, 5) is 21.8. The molecule has 1 aromatic carbocycles. The smallest absolute Gasteiger partial charge is 0.274 e. The van der Waals surface area contributed by atoms with E-state index in [-0.39, 0.29) is 11.6 Å². The van der Waals surface area contributed by atoms with Gasteiger partial charge in [-0.2, -0.15) is 0 Å². The molecule has 1 rings (SSSR count). The Morgan fingerprint density at radius 2 is 2.06 bits per heavy atom. The summed E-state index contributed by atoms with van der Waals surface area (Å²) in [6.07, 6.45) is 0.334. The number of carbonyl (C=O) groups excluding carboxylic acids is 1. The van der Waals surface area contributed by atoms with E-state index in [1.807, 2.05) is 0 Å². The lowest BCUT2D eigenvalue weighted by Gasteiger charge is -2.09. The molecule has 5 nitrogen and oxygen atoms in total. The van der Waals surface area contributed by atoms with Crippen molar-refractivity contribution >= 4 is 33.2 Å². The largest absolute Gasteiger partial charge is 0.326 e. The first-order valence-electron chi connectivity index (χ1n) is 5.07. The van der Waals surface area contributed by atoms with Crippen molar-refractivity contribution in [3.8, 4) is 0 Å². The molecule has 0 radical (unpaired) electrons. The molecule has 17 heavy (non-hydrogen) atoms. The first-order chi connectivity index (χ1) is 7.95. The minimum absolute atomic E-state index is 0.0183. The average molecular weight is 301 g/mol. The van der Waals surface area contributed by atoms with Gasteiger partial charge in [-0.25, -0.2) is 0 Å². The fourth-order valence-corrected chi connectivity index (χ4v) is 1.83. The highest BCUT2D eigenvalue weighted by atomic mass is 79.9. The van der Waals surface area contributed by atoms with Gasteiger partial charge in [-0.1, -0.05) is 15.9 Å². The van der Waals surface area contributed by atoms with Crippen molar-refractivity contribution < 1.29 is 9.72 Å². The predicted molar refractivity (Wildman–Crippen MR) is 69.6 cm³/mol. The SMILES string of the molecule is Cc1cc(C)c([N+](=O)[O-])cc1NC(=O)CCBr. The van der Waals surface area contributed by atoms with Gasteiger partial charge in [0.2, 0.25) is 5.91 Å². The fourth-order valence-electron chi connectivity index (χ4n) is 1.47. The van der Waals surface area contributed by atoms with Crippen LogP contribution in [0, 0.1) is 24.0 Å². The first-order valence-corrected chi connectivity index (χ1v) is 6.19. The van der Waals surface area contributed by atoms with Crippen LogP contribution in [0.15, 0.2) is 12.1 Å². The Hall–Kier alpha value is -1.43. The summed E-state index contributed by atoms with van der Waals surface area (Å²) >= 11 is 3.16. The topological polar surface area (TPSA) is 72.2 Å². The second-order valence-corrected chi connectivity index (χ2v) is 4.49. The molecular weight excluding hydrogens is 288 g/mol. The number of nitrogens with zero attached hydrogens (tertiary/aromatic N) is 1. The van der Waals surface area contributed by atoms with E-state index in [1.54, 1.807) is 19.9 Å². The third-order valence-corrected chi connectivity index (χ3v) is 2.73. The van der Waals surface area contributed by atoms with Crippen molar-refractivity contribution in [1.29, 1.82) is 0 Å². The summed E-state index contributed by atoms with van der Waals surface area (Å²) in [5.74, 6) is -0.164. The zero-order chi connectivity index (χ0) is 13.0. The number of nitrogens with one attached hydrogen (secondary N) is 1. The van der Waals surface area contributed by atoms with Crippen molar-refractivity contribution in [1.82, 2.24) is 0 Å². The van der Waals surface area contributed by atoms with E-state index in [2.05, 4.69) is 21.2 Å². The first kappa shape index (κ1) is 13.6. The standard InChI is InChI=1S/C11H13BrN2O3/c1-7-5-8(2)10(14(16)17)6-9(7)13-11(15)3-4-12/h5-6H,3-4H2,1-2H3,(H,13,15). The van der Waals surface area contributed by atoms with Crippen LogP contribution >= 0.6 is 15.9 Å².